The van der Waals surface area contributed by atoms with Crippen molar-refractivity contribution in [2.45, 2.75) is 71.1 Å². The number of benzene rings is 1. The van der Waals surface area contributed by atoms with Crippen LogP contribution in [0.2, 0.25) is 0 Å². The zero-order valence-electron chi connectivity index (χ0n) is 25.0. The number of aromatic nitrogens is 2. The average Bonchev–Trinajstić information content (AvgIpc) is 3.64. The minimum Gasteiger partial charge on any atom is -0.463 e. The standard InChI is InChI=1S/C31H41BrFN5O4/c1-19(2)22-14-23-26(25(33)24(22)32)34-28(41-18-31(8-9-31)17-36-10-12-40-13-11-36)35-27(23)37-15-20-6-7-21(16-37)38(20)29(39)42-30(3,4)5/h14,20-21H,1,6-13,15-18H2,2-5H3. The molecule has 42 heavy (non-hydrogen) atoms. The van der Waals surface area contributed by atoms with Crippen LogP contribution in [0.1, 0.15) is 58.9 Å². The summed E-state index contributed by atoms with van der Waals surface area (Å²) >= 11 is 3.44. The fourth-order valence-corrected chi connectivity index (χ4v) is 7.09. The average molecular weight is 647 g/mol. The molecule has 1 saturated carbocycles. The van der Waals surface area contributed by atoms with Crippen LogP contribution in [-0.2, 0) is 9.47 Å². The SMILES string of the molecule is C=C(C)c1cc2c(N3CC4CCC(C3)N4C(=O)OC(C)(C)C)nc(OCC3(CN4CCOCC4)CC3)nc2c(F)c1Br. The molecule has 4 fully saturated rings. The van der Waals surface area contributed by atoms with Gasteiger partial charge < -0.3 is 19.1 Å². The van der Waals surface area contributed by atoms with E-state index in [4.69, 9.17) is 19.2 Å². The third kappa shape index (κ3) is 5.97. The summed E-state index contributed by atoms with van der Waals surface area (Å²) in [5, 5.41) is 0.612. The van der Waals surface area contributed by atoms with Crippen molar-refractivity contribution in [1.29, 1.82) is 0 Å². The number of carbonyl (C=O) groups excluding carboxylic acids is 1. The van der Waals surface area contributed by atoms with E-state index in [2.05, 4.69) is 37.3 Å². The lowest BCUT2D eigenvalue weighted by molar-refractivity contribution is 0.0123. The molecule has 0 radical (unpaired) electrons. The third-order valence-electron chi connectivity index (χ3n) is 8.80. The van der Waals surface area contributed by atoms with Gasteiger partial charge in [0.05, 0.1) is 36.4 Å². The molecular weight excluding hydrogens is 605 g/mol. The summed E-state index contributed by atoms with van der Waals surface area (Å²) in [6.07, 6.45) is 3.66. The van der Waals surface area contributed by atoms with E-state index in [0.29, 0.717) is 40.9 Å². The van der Waals surface area contributed by atoms with Crippen LogP contribution in [0, 0.1) is 11.2 Å². The summed E-state index contributed by atoms with van der Waals surface area (Å²) in [7, 11) is 0. The van der Waals surface area contributed by atoms with E-state index in [1.54, 1.807) is 0 Å². The molecule has 11 heteroatoms. The summed E-state index contributed by atoms with van der Waals surface area (Å²) in [4.78, 5) is 29.1. The van der Waals surface area contributed by atoms with Crippen molar-refractivity contribution < 1.29 is 23.4 Å². The van der Waals surface area contributed by atoms with Crippen molar-refractivity contribution in [3.63, 3.8) is 0 Å². The summed E-state index contributed by atoms with van der Waals surface area (Å²) < 4.78 is 33.7. The third-order valence-corrected chi connectivity index (χ3v) is 9.58. The Morgan fingerprint density at radius 1 is 1.19 bits per heavy atom. The number of ether oxygens (including phenoxy) is 3. The van der Waals surface area contributed by atoms with Crippen molar-refractivity contribution in [1.82, 2.24) is 19.8 Å². The number of morpholine rings is 1. The number of amides is 1. The minimum absolute atomic E-state index is 0.0165. The highest BCUT2D eigenvalue weighted by molar-refractivity contribution is 9.10. The Balaban J connectivity index is 1.30. The van der Waals surface area contributed by atoms with Crippen LogP contribution in [0.25, 0.3) is 16.5 Å². The largest absolute Gasteiger partial charge is 0.463 e. The Kier molecular flexibility index (Phi) is 7.89. The molecule has 3 aliphatic heterocycles. The van der Waals surface area contributed by atoms with Gasteiger partial charge in [-0.1, -0.05) is 6.58 Å². The van der Waals surface area contributed by atoms with E-state index >= 15 is 4.39 Å². The second kappa shape index (κ2) is 11.2. The molecule has 4 aliphatic rings. The Bertz CT molecular complexity index is 1370. The van der Waals surface area contributed by atoms with Crippen LogP contribution in [0.4, 0.5) is 15.0 Å². The first-order valence-corrected chi connectivity index (χ1v) is 15.8. The molecular formula is C31H41BrFN5O4. The molecule has 0 N–H and O–H groups in total. The summed E-state index contributed by atoms with van der Waals surface area (Å²) in [5.74, 6) is 0.173. The lowest BCUT2D eigenvalue weighted by Crippen LogP contribution is -2.57. The molecule has 6 rings (SSSR count). The van der Waals surface area contributed by atoms with Gasteiger partial charge in [0.15, 0.2) is 5.82 Å². The fourth-order valence-electron chi connectivity index (χ4n) is 6.45. The first-order chi connectivity index (χ1) is 19.9. The van der Waals surface area contributed by atoms with Crippen molar-refractivity contribution in [2.75, 3.05) is 57.4 Å². The summed E-state index contributed by atoms with van der Waals surface area (Å²) in [5.41, 5.74) is 1.13. The zero-order chi connectivity index (χ0) is 29.8. The van der Waals surface area contributed by atoms with Gasteiger partial charge in [-0.15, -0.1) is 0 Å². The van der Waals surface area contributed by atoms with Crippen LogP contribution < -0.4 is 9.64 Å². The normalized spacial score (nSPS) is 23.8. The summed E-state index contributed by atoms with van der Waals surface area (Å²) in [6, 6.07) is 2.06. The van der Waals surface area contributed by atoms with Crippen molar-refractivity contribution in [2.24, 2.45) is 5.41 Å². The molecule has 2 unspecified atom stereocenters. The molecule has 3 saturated heterocycles. The molecule has 1 aromatic heterocycles. The first-order valence-electron chi connectivity index (χ1n) is 15.0. The smallest absolute Gasteiger partial charge is 0.410 e. The van der Waals surface area contributed by atoms with Crippen LogP contribution in [-0.4, -0.2) is 96.1 Å². The maximum Gasteiger partial charge on any atom is 0.410 e. The number of allylic oxidation sites excluding steroid dienone is 1. The number of nitrogens with zero attached hydrogens (tertiary/aromatic N) is 5. The maximum atomic E-state index is 15.9. The zero-order valence-corrected chi connectivity index (χ0v) is 26.6. The highest BCUT2D eigenvalue weighted by atomic mass is 79.9. The van der Waals surface area contributed by atoms with Gasteiger partial charge in [0.25, 0.3) is 0 Å². The minimum atomic E-state index is -0.562. The second-order valence-corrected chi connectivity index (χ2v) is 14.2. The number of halogens is 2. The van der Waals surface area contributed by atoms with Gasteiger partial charge >= 0.3 is 12.1 Å². The topological polar surface area (TPSA) is 80.3 Å². The van der Waals surface area contributed by atoms with Gasteiger partial charge in [0.2, 0.25) is 0 Å². The van der Waals surface area contributed by atoms with Gasteiger partial charge in [-0.3, -0.25) is 9.80 Å². The van der Waals surface area contributed by atoms with Crippen LogP contribution in [0.15, 0.2) is 17.1 Å². The second-order valence-electron chi connectivity index (χ2n) is 13.4. The van der Waals surface area contributed by atoms with Gasteiger partial charge in [-0.2, -0.15) is 9.97 Å². The number of fused-ring (bicyclic) bond motifs is 3. The van der Waals surface area contributed by atoms with Crippen LogP contribution >= 0.6 is 15.9 Å². The molecule has 4 heterocycles. The maximum absolute atomic E-state index is 15.9. The van der Waals surface area contributed by atoms with E-state index in [1.807, 2.05) is 38.7 Å². The number of carbonyl (C=O) groups is 1. The monoisotopic (exact) mass is 645 g/mol. The predicted octanol–water partition coefficient (Wildman–Crippen LogP) is 5.64. The highest BCUT2D eigenvalue weighted by Gasteiger charge is 2.46. The Morgan fingerprint density at radius 2 is 1.86 bits per heavy atom. The lowest BCUT2D eigenvalue weighted by atomic mass is 10.0. The molecule has 1 aromatic carbocycles. The van der Waals surface area contributed by atoms with Gasteiger partial charge in [0, 0.05) is 43.5 Å². The molecule has 2 bridgehead atoms. The molecule has 9 nitrogen and oxygen atoms in total. The molecule has 2 aromatic rings. The first kappa shape index (κ1) is 29.6. The molecule has 2 atom stereocenters. The predicted molar refractivity (Wildman–Crippen MR) is 163 cm³/mol. The quantitative estimate of drug-likeness (QED) is 0.383. The molecule has 0 spiro atoms. The highest BCUT2D eigenvalue weighted by Crippen LogP contribution is 2.47. The van der Waals surface area contributed by atoms with E-state index < -0.39 is 11.4 Å². The lowest BCUT2D eigenvalue weighted by Gasteiger charge is -2.42. The van der Waals surface area contributed by atoms with Gasteiger partial charge in [0.1, 0.15) is 16.9 Å². The van der Waals surface area contributed by atoms with Gasteiger partial charge in [-0.25, -0.2) is 9.18 Å². The Morgan fingerprint density at radius 3 is 2.45 bits per heavy atom. The van der Waals surface area contributed by atoms with Crippen molar-refractivity contribution in [3.8, 4) is 6.01 Å². The number of hydrogen-bond acceptors (Lipinski definition) is 8. The number of anilines is 1. The number of rotatable bonds is 7. The van der Waals surface area contributed by atoms with Crippen LogP contribution in [0.5, 0.6) is 6.01 Å². The Labute approximate surface area is 255 Å². The Hall–Kier alpha value is -2.50. The van der Waals surface area contributed by atoms with Crippen molar-refractivity contribution in [3.05, 3.63) is 28.5 Å². The fraction of sp³-hybridized carbons (Fsp3) is 0.645. The van der Waals surface area contributed by atoms with Gasteiger partial charge in [-0.05, 0) is 86.5 Å². The van der Waals surface area contributed by atoms with E-state index in [0.717, 1.165) is 64.1 Å². The van der Waals surface area contributed by atoms with Crippen LogP contribution in [0.3, 0.4) is 0 Å². The number of piperazine rings is 1. The molecule has 1 aliphatic carbocycles. The van der Waals surface area contributed by atoms with Crippen molar-refractivity contribution >= 4 is 44.3 Å². The molecule has 228 valence electrons. The molecule has 1 amide bonds. The van der Waals surface area contributed by atoms with E-state index in [9.17, 15) is 4.79 Å². The van der Waals surface area contributed by atoms with E-state index in [1.165, 1.54) is 0 Å². The van der Waals surface area contributed by atoms with E-state index in [-0.39, 0.29) is 35.1 Å². The summed E-state index contributed by atoms with van der Waals surface area (Å²) in [6.45, 7) is 17.5. The number of hydrogen-bond donors (Lipinski definition) is 0.